The summed E-state index contributed by atoms with van der Waals surface area (Å²) in [4.78, 5) is 12.5. The van der Waals surface area contributed by atoms with E-state index in [0.29, 0.717) is 18.8 Å². The molecule has 1 atom stereocenters. The molecule has 86 valence electrons. The van der Waals surface area contributed by atoms with E-state index >= 15 is 0 Å². The SMILES string of the molecule is CC(C#N)CN(C)Cc1cc(C(=O)O)co1. The minimum atomic E-state index is -0.997. The molecule has 0 bridgehead atoms. The standard InChI is InChI=1S/C11H14N2O3/c1-8(4-12)5-13(2)6-10-3-9(7-16-10)11(14)15/h3,7-8H,5-6H2,1-2H3,(H,14,15). The second kappa shape index (κ2) is 5.33. The van der Waals surface area contributed by atoms with Crippen molar-refractivity contribution >= 4 is 5.97 Å². The lowest BCUT2D eigenvalue weighted by Gasteiger charge is -2.15. The van der Waals surface area contributed by atoms with Crippen molar-refractivity contribution in [1.29, 1.82) is 5.26 Å². The van der Waals surface area contributed by atoms with Gasteiger partial charge in [-0.2, -0.15) is 5.26 Å². The monoisotopic (exact) mass is 222 g/mol. The van der Waals surface area contributed by atoms with Gasteiger partial charge in [-0.3, -0.25) is 4.90 Å². The Balaban J connectivity index is 2.53. The number of carbonyl (C=O) groups is 1. The second-order valence-corrected chi connectivity index (χ2v) is 3.83. The predicted molar refractivity (Wildman–Crippen MR) is 56.8 cm³/mol. The molecule has 0 aliphatic carbocycles. The molecule has 16 heavy (non-hydrogen) atoms. The fraction of sp³-hybridized carbons (Fsp3) is 0.455. The first-order chi connectivity index (χ1) is 7.52. The lowest BCUT2D eigenvalue weighted by Crippen LogP contribution is -2.23. The van der Waals surface area contributed by atoms with Gasteiger partial charge in [0.15, 0.2) is 0 Å². The number of hydrogen-bond donors (Lipinski definition) is 1. The van der Waals surface area contributed by atoms with Gasteiger partial charge in [0.25, 0.3) is 0 Å². The highest BCUT2D eigenvalue weighted by Crippen LogP contribution is 2.10. The number of aromatic carboxylic acids is 1. The highest BCUT2D eigenvalue weighted by Gasteiger charge is 2.11. The van der Waals surface area contributed by atoms with E-state index in [1.165, 1.54) is 12.3 Å². The van der Waals surface area contributed by atoms with Gasteiger partial charge in [0.2, 0.25) is 0 Å². The van der Waals surface area contributed by atoms with E-state index in [-0.39, 0.29) is 11.5 Å². The van der Waals surface area contributed by atoms with Crippen molar-refractivity contribution in [1.82, 2.24) is 4.90 Å². The molecule has 1 rings (SSSR count). The Morgan fingerprint density at radius 2 is 2.44 bits per heavy atom. The molecule has 1 aromatic rings. The topological polar surface area (TPSA) is 77.5 Å². The summed E-state index contributed by atoms with van der Waals surface area (Å²) in [7, 11) is 1.86. The van der Waals surface area contributed by atoms with Crippen molar-refractivity contribution in [2.45, 2.75) is 13.5 Å². The van der Waals surface area contributed by atoms with Crippen LogP contribution in [0.3, 0.4) is 0 Å². The first kappa shape index (κ1) is 12.3. The minimum absolute atomic E-state index is 0.0566. The molecule has 0 aliphatic rings. The molecule has 5 heteroatoms. The Morgan fingerprint density at radius 3 is 2.94 bits per heavy atom. The zero-order chi connectivity index (χ0) is 12.1. The molecule has 0 amide bonds. The fourth-order valence-electron chi connectivity index (χ4n) is 1.41. The molecule has 1 unspecified atom stereocenters. The molecule has 0 aliphatic heterocycles. The lowest BCUT2D eigenvalue weighted by atomic mass is 10.2. The Kier molecular flexibility index (Phi) is 4.09. The minimum Gasteiger partial charge on any atom is -0.478 e. The van der Waals surface area contributed by atoms with Crippen LogP contribution >= 0.6 is 0 Å². The van der Waals surface area contributed by atoms with Crippen LogP contribution < -0.4 is 0 Å². The number of rotatable bonds is 5. The van der Waals surface area contributed by atoms with Gasteiger partial charge in [-0.1, -0.05) is 0 Å². The van der Waals surface area contributed by atoms with Crippen LogP contribution in [0.15, 0.2) is 16.7 Å². The maximum Gasteiger partial charge on any atom is 0.338 e. The normalized spacial score (nSPS) is 12.4. The van der Waals surface area contributed by atoms with Crippen LogP contribution in [0.4, 0.5) is 0 Å². The maximum absolute atomic E-state index is 10.6. The molecule has 0 fully saturated rings. The number of carboxylic acids is 1. The molecule has 5 nitrogen and oxygen atoms in total. The largest absolute Gasteiger partial charge is 0.478 e. The first-order valence-corrected chi connectivity index (χ1v) is 4.91. The number of nitrogens with zero attached hydrogens (tertiary/aromatic N) is 2. The number of hydrogen-bond acceptors (Lipinski definition) is 4. The van der Waals surface area contributed by atoms with Gasteiger partial charge in [-0.15, -0.1) is 0 Å². The highest BCUT2D eigenvalue weighted by molar-refractivity contribution is 5.87. The Labute approximate surface area is 93.9 Å². The first-order valence-electron chi connectivity index (χ1n) is 4.91. The van der Waals surface area contributed by atoms with E-state index in [2.05, 4.69) is 6.07 Å². The molecule has 1 heterocycles. The van der Waals surface area contributed by atoms with Crippen molar-refractivity contribution in [3.8, 4) is 6.07 Å². The molecule has 0 aromatic carbocycles. The van der Waals surface area contributed by atoms with Crippen LogP contribution in [0.2, 0.25) is 0 Å². The Morgan fingerprint density at radius 1 is 1.75 bits per heavy atom. The third kappa shape index (κ3) is 3.41. The molecular formula is C11H14N2O3. The van der Waals surface area contributed by atoms with Crippen LogP contribution in [0, 0.1) is 17.2 Å². The van der Waals surface area contributed by atoms with Crippen molar-refractivity contribution in [3.63, 3.8) is 0 Å². The molecule has 1 N–H and O–H groups in total. The van der Waals surface area contributed by atoms with Gasteiger partial charge in [0, 0.05) is 6.54 Å². The number of nitriles is 1. The van der Waals surface area contributed by atoms with Crippen molar-refractivity contribution < 1.29 is 14.3 Å². The van der Waals surface area contributed by atoms with Crippen LogP contribution in [0.1, 0.15) is 23.0 Å². The van der Waals surface area contributed by atoms with Crippen molar-refractivity contribution in [3.05, 3.63) is 23.7 Å². The molecule has 1 aromatic heterocycles. The second-order valence-electron chi connectivity index (χ2n) is 3.83. The quantitative estimate of drug-likeness (QED) is 0.818. The summed E-state index contributed by atoms with van der Waals surface area (Å²) in [5, 5.41) is 17.3. The summed E-state index contributed by atoms with van der Waals surface area (Å²) < 4.78 is 5.11. The number of carboxylic acid groups (broad SMARTS) is 1. The van der Waals surface area contributed by atoms with Gasteiger partial charge in [0.1, 0.15) is 12.0 Å². The summed E-state index contributed by atoms with van der Waals surface area (Å²) in [6.45, 7) is 2.96. The van der Waals surface area contributed by atoms with E-state index < -0.39 is 5.97 Å². The predicted octanol–water partition coefficient (Wildman–Crippen LogP) is 1.57. The molecule has 0 radical (unpaired) electrons. The summed E-state index contributed by atoms with van der Waals surface area (Å²) in [5.74, 6) is -0.466. The van der Waals surface area contributed by atoms with Crippen LogP contribution in [-0.4, -0.2) is 29.6 Å². The maximum atomic E-state index is 10.6. The summed E-state index contributed by atoms with van der Waals surface area (Å²) >= 11 is 0. The van der Waals surface area contributed by atoms with Gasteiger partial charge < -0.3 is 9.52 Å². The Bertz CT molecular complexity index is 406. The van der Waals surface area contributed by atoms with E-state index in [1.54, 1.807) is 0 Å². The lowest BCUT2D eigenvalue weighted by molar-refractivity contribution is 0.0696. The highest BCUT2D eigenvalue weighted by atomic mass is 16.4. The zero-order valence-corrected chi connectivity index (χ0v) is 9.30. The van der Waals surface area contributed by atoms with E-state index in [4.69, 9.17) is 14.8 Å². The van der Waals surface area contributed by atoms with Crippen molar-refractivity contribution in [2.24, 2.45) is 5.92 Å². The van der Waals surface area contributed by atoms with Crippen LogP contribution in [0.5, 0.6) is 0 Å². The van der Waals surface area contributed by atoms with E-state index in [1.807, 2.05) is 18.9 Å². The molecule has 0 saturated heterocycles. The average molecular weight is 222 g/mol. The fourth-order valence-corrected chi connectivity index (χ4v) is 1.41. The molecule has 0 saturated carbocycles. The van der Waals surface area contributed by atoms with Gasteiger partial charge in [-0.05, 0) is 20.0 Å². The third-order valence-electron chi connectivity index (χ3n) is 2.13. The summed E-state index contributed by atoms with van der Waals surface area (Å²) in [5.41, 5.74) is 0.150. The van der Waals surface area contributed by atoms with E-state index in [0.717, 1.165) is 0 Å². The van der Waals surface area contributed by atoms with Gasteiger partial charge >= 0.3 is 5.97 Å². The van der Waals surface area contributed by atoms with Crippen molar-refractivity contribution in [2.75, 3.05) is 13.6 Å². The zero-order valence-electron chi connectivity index (χ0n) is 9.30. The third-order valence-corrected chi connectivity index (χ3v) is 2.13. The Hall–Kier alpha value is -1.80. The van der Waals surface area contributed by atoms with Gasteiger partial charge in [-0.25, -0.2) is 4.79 Å². The van der Waals surface area contributed by atoms with Gasteiger partial charge in [0.05, 0.1) is 24.1 Å². The smallest absolute Gasteiger partial charge is 0.338 e. The summed E-state index contributed by atoms with van der Waals surface area (Å²) in [6.07, 6.45) is 1.22. The molecule has 0 spiro atoms. The number of furan rings is 1. The summed E-state index contributed by atoms with van der Waals surface area (Å²) in [6, 6.07) is 3.63. The van der Waals surface area contributed by atoms with Crippen LogP contribution in [0.25, 0.3) is 0 Å². The van der Waals surface area contributed by atoms with E-state index in [9.17, 15) is 4.79 Å². The average Bonchev–Trinajstić information content (AvgIpc) is 2.65. The molecular weight excluding hydrogens is 208 g/mol. The van der Waals surface area contributed by atoms with Crippen LogP contribution in [-0.2, 0) is 6.54 Å².